The fourth-order valence-electron chi connectivity index (χ4n) is 8.06. The summed E-state index contributed by atoms with van der Waals surface area (Å²) in [6, 6.07) is 12.2. The molecule has 58 heavy (non-hydrogen) atoms. The number of carbonyl (C=O) groups is 4. The normalized spacial score (nSPS) is 29.0. The molecule has 17 heteroatoms. The number of alkyl halides is 3. The van der Waals surface area contributed by atoms with Gasteiger partial charge in [-0.1, -0.05) is 62.4 Å². The molecule has 0 bridgehead atoms. The number of para-hydroxylation sites is 1. The van der Waals surface area contributed by atoms with Crippen LogP contribution in [0.1, 0.15) is 72.6 Å². The number of amides is 4. The van der Waals surface area contributed by atoms with Gasteiger partial charge in [-0.25, -0.2) is 18.2 Å². The fraction of sp³-hybridized carbons (Fsp3) is 0.537. The first-order valence-corrected chi connectivity index (χ1v) is 21.2. The molecule has 7 rings (SSSR count). The van der Waals surface area contributed by atoms with Gasteiger partial charge in [0.15, 0.2) is 0 Å². The zero-order valence-electron chi connectivity index (χ0n) is 32.7. The second-order valence-corrected chi connectivity index (χ2v) is 18.7. The number of pyridine rings is 1. The first kappa shape index (κ1) is 41.2. The van der Waals surface area contributed by atoms with Crippen LogP contribution in [-0.4, -0.2) is 89.4 Å². The van der Waals surface area contributed by atoms with E-state index in [9.17, 15) is 40.8 Å². The van der Waals surface area contributed by atoms with E-state index in [1.807, 2.05) is 61.5 Å². The fourth-order valence-corrected chi connectivity index (χ4v) is 9.43. The summed E-state index contributed by atoms with van der Waals surface area (Å²) in [5.74, 6) is -3.35. The second-order valence-electron chi connectivity index (χ2n) is 16.8. The van der Waals surface area contributed by atoms with Crippen LogP contribution in [0.2, 0.25) is 0 Å². The Balaban J connectivity index is 1.24. The molecule has 4 aliphatic rings. The Morgan fingerprint density at radius 3 is 2.33 bits per heavy atom. The topological polar surface area (TPSA) is 173 Å². The van der Waals surface area contributed by atoms with Gasteiger partial charge < -0.3 is 25.0 Å². The van der Waals surface area contributed by atoms with Crippen LogP contribution in [0.4, 0.5) is 18.0 Å². The summed E-state index contributed by atoms with van der Waals surface area (Å²) in [7, 11) is -3.98. The molecule has 2 aliphatic carbocycles. The largest absolute Gasteiger partial charge is 0.472 e. The summed E-state index contributed by atoms with van der Waals surface area (Å²) < 4.78 is 80.6. The van der Waals surface area contributed by atoms with Crippen LogP contribution in [-0.2, 0) is 29.1 Å². The summed E-state index contributed by atoms with van der Waals surface area (Å²) in [5.41, 5.74) is -3.86. The smallest absolute Gasteiger partial charge is 0.427 e. The van der Waals surface area contributed by atoms with Crippen LogP contribution in [0.5, 0.6) is 5.88 Å². The Hall–Kier alpha value is -4.93. The van der Waals surface area contributed by atoms with Crippen LogP contribution >= 0.6 is 0 Å². The maximum absolute atomic E-state index is 14.8. The number of nitrogens with one attached hydrogen (secondary N) is 3. The van der Waals surface area contributed by atoms with Crippen molar-refractivity contribution in [2.24, 2.45) is 17.8 Å². The lowest BCUT2D eigenvalue weighted by molar-refractivity contribution is -0.244. The molecule has 13 nitrogen and oxygen atoms in total. The quantitative estimate of drug-likeness (QED) is 0.201. The number of alkyl carbamates (subject to hydrolysis) is 1. The SMILES string of the molecule is C[C@H]1CC/C=C\[C@@H]2C[C@@]2(C(=O)NS(=O)(=O)C2CC2)NC(=O)C2C[C@@H](Oc3nc4ccccc4c4ccccc34)CN2C(=O)[C@@H](NC(=O)OC(C)(C)C(F)(F)F)[C@H](C)C1. The number of rotatable bonds is 7. The molecule has 7 atom stereocenters. The summed E-state index contributed by atoms with van der Waals surface area (Å²) in [5, 5.41) is 6.93. The number of allylic oxidation sites excluding steroid dienone is 1. The molecule has 3 N–H and O–H groups in total. The maximum atomic E-state index is 14.8. The van der Waals surface area contributed by atoms with Crippen molar-refractivity contribution in [2.75, 3.05) is 6.54 Å². The molecule has 3 aromatic rings. The average Bonchev–Trinajstić information content (AvgIpc) is 4.08. The zero-order chi connectivity index (χ0) is 41.8. The molecule has 4 amide bonds. The van der Waals surface area contributed by atoms with Gasteiger partial charge in [0, 0.05) is 23.1 Å². The molecule has 312 valence electrons. The standard InChI is InChI=1S/C41H48F3N5O8S/c1-23-11-5-6-12-25-21-40(25,37(52)48-58(54,55)27-17-18-27)47-34(50)32-20-26(56-35-30-15-8-7-13-28(30)29-14-9-10-16-31(29)45-35)22-49(32)36(51)33(24(2)19-23)46-38(53)57-39(3,4)41(42,43)44/h6-10,12-16,23-27,32-33H,5,11,17-22H2,1-4H3,(H,46,53)(H,47,50)(H,48,52)/b12-6-/t23-,24+,25+,26+,32?,33-,40+/m0/s1. The van der Waals surface area contributed by atoms with E-state index in [1.54, 1.807) is 13.0 Å². The monoisotopic (exact) mass is 827 g/mol. The number of benzene rings is 2. The van der Waals surface area contributed by atoms with Gasteiger partial charge in [-0.05, 0) is 81.7 Å². The van der Waals surface area contributed by atoms with Crippen LogP contribution in [0.25, 0.3) is 21.7 Å². The van der Waals surface area contributed by atoms with Gasteiger partial charge in [0.1, 0.15) is 23.7 Å². The molecule has 1 saturated heterocycles. The highest BCUT2D eigenvalue weighted by atomic mass is 32.2. The number of fused-ring (bicyclic) bond motifs is 5. The molecular formula is C41H48F3N5O8S. The lowest BCUT2D eigenvalue weighted by Crippen LogP contribution is -2.59. The number of halogens is 3. The van der Waals surface area contributed by atoms with Gasteiger partial charge in [-0.2, -0.15) is 13.2 Å². The van der Waals surface area contributed by atoms with E-state index in [0.717, 1.165) is 10.8 Å². The van der Waals surface area contributed by atoms with Crippen molar-refractivity contribution in [2.45, 2.75) is 113 Å². The van der Waals surface area contributed by atoms with Crippen LogP contribution in [0, 0.1) is 17.8 Å². The van der Waals surface area contributed by atoms with Crippen LogP contribution in [0.3, 0.4) is 0 Å². The predicted molar refractivity (Wildman–Crippen MR) is 208 cm³/mol. The third-order valence-corrected chi connectivity index (χ3v) is 13.6. The molecule has 1 unspecified atom stereocenters. The second kappa shape index (κ2) is 15.3. The highest BCUT2D eigenvalue weighted by Gasteiger charge is 2.62. The van der Waals surface area contributed by atoms with E-state index in [4.69, 9.17) is 14.5 Å². The zero-order valence-corrected chi connectivity index (χ0v) is 33.5. The van der Waals surface area contributed by atoms with Crippen molar-refractivity contribution in [3.05, 3.63) is 60.7 Å². The lowest BCUT2D eigenvalue weighted by Gasteiger charge is -2.34. The molecule has 1 aromatic heterocycles. The first-order valence-electron chi connectivity index (χ1n) is 19.7. The van der Waals surface area contributed by atoms with Gasteiger partial charge in [-0.15, -0.1) is 0 Å². The number of aromatic nitrogens is 1. The highest BCUT2D eigenvalue weighted by molar-refractivity contribution is 7.91. The van der Waals surface area contributed by atoms with Crippen molar-refractivity contribution >= 4 is 55.5 Å². The van der Waals surface area contributed by atoms with Crippen molar-refractivity contribution in [3.8, 4) is 5.88 Å². The Bertz CT molecular complexity index is 2260. The number of hydrogen-bond acceptors (Lipinski definition) is 9. The minimum Gasteiger partial charge on any atom is -0.472 e. The molecule has 2 aromatic carbocycles. The Morgan fingerprint density at radius 2 is 1.64 bits per heavy atom. The van der Waals surface area contributed by atoms with E-state index in [1.165, 1.54) is 4.90 Å². The minimum absolute atomic E-state index is 0.0297. The third kappa shape index (κ3) is 8.32. The van der Waals surface area contributed by atoms with Gasteiger partial charge in [0.2, 0.25) is 33.3 Å². The Labute approximate surface area is 334 Å². The van der Waals surface area contributed by atoms with Gasteiger partial charge >= 0.3 is 12.3 Å². The van der Waals surface area contributed by atoms with E-state index >= 15 is 0 Å². The van der Waals surface area contributed by atoms with E-state index in [-0.39, 0.29) is 31.2 Å². The van der Waals surface area contributed by atoms with E-state index in [2.05, 4.69) is 15.4 Å². The first-order chi connectivity index (χ1) is 27.3. The average molecular weight is 828 g/mol. The van der Waals surface area contributed by atoms with Crippen molar-refractivity contribution in [1.82, 2.24) is 25.2 Å². The molecule has 3 heterocycles. The molecular weight excluding hydrogens is 780 g/mol. The lowest BCUT2D eigenvalue weighted by atomic mass is 9.88. The van der Waals surface area contributed by atoms with Gasteiger partial charge in [0.25, 0.3) is 5.91 Å². The highest BCUT2D eigenvalue weighted by Crippen LogP contribution is 2.46. The number of sulfonamides is 1. The Kier molecular flexibility index (Phi) is 10.9. The van der Waals surface area contributed by atoms with Gasteiger partial charge in [0.05, 0.1) is 17.3 Å². The molecule has 0 spiro atoms. The van der Waals surface area contributed by atoms with Crippen molar-refractivity contribution in [1.29, 1.82) is 0 Å². The van der Waals surface area contributed by atoms with Crippen LogP contribution in [0.15, 0.2) is 60.7 Å². The maximum Gasteiger partial charge on any atom is 0.427 e. The Morgan fingerprint density at radius 1 is 0.966 bits per heavy atom. The number of hydrogen-bond donors (Lipinski definition) is 3. The summed E-state index contributed by atoms with van der Waals surface area (Å²) in [6.45, 7) is 4.85. The number of ether oxygens (including phenoxy) is 2. The minimum atomic E-state index is -4.91. The molecule has 2 saturated carbocycles. The summed E-state index contributed by atoms with van der Waals surface area (Å²) in [4.78, 5) is 62.3. The van der Waals surface area contributed by atoms with E-state index in [0.29, 0.717) is 56.9 Å². The molecule has 3 fully saturated rings. The van der Waals surface area contributed by atoms with Crippen molar-refractivity contribution in [3.63, 3.8) is 0 Å². The van der Waals surface area contributed by atoms with E-state index < -0.39 is 86.4 Å². The third-order valence-electron chi connectivity index (χ3n) is 11.8. The summed E-state index contributed by atoms with van der Waals surface area (Å²) in [6.07, 6.45) is -1.16. The molecule has 2 aliphatic heterocycles. The summed E-state index contributed by atoms with van der Waals surface area (Å²) >= 11 is 0. The van der Waals surface area contributed by atoms with Crippen molar-refractivity contribution < 1.29 is 50.2 Å². The van der Waals surface area contributed by atoms with Gasteiger partial charge in [-0.3, -0.25) is 19.1 Å². The number of carbonyl (C=O) groups excluding carboxylic acids is 4. The predicted octanol–water partition coefficient (Wildman–Crippen LogP) is 5.67. The molecule has 0 radical (unpaired) electrons. The van der Waals surface area contributed by atoms with Crippen LogP contribution < -0.4 is 20.1 Å². The number of nitrogens with zero attached hydrogens (tertiary/aromatic N) is 2.